The SMILES string of the molecule is CNC(=O)[C@H](Cc1c[nH]c2ccccc12)NN1C(=O)CC(CC(C)C)C1=O. The lowest BCUT2D eigenvalue weighted by Gasteiger charge is -2.23. The van der Waals surface area contributed by atoms with Crippen LogP contribution in [0.4, 0.5) is 0 Å². The Morgan fingerprint density at radius 1 is 1.30 bits per heavy atom. The molecule has 144 valence electrons. The Morgan fingerprint density at radius 3 is 2.74 bits per heavy atom. The minimum atomic E-state index is -0.722. The Balaban J connectivity index is 1.79. The van der Waals surface area contributed by atoms with Gasteiger partial charge in [-0.25, -0.2) is 10.4 Å². The number of aromatic nitrogens is 1. The molecule has 1 aromatic heterocycles. The van der Waals surface area contributed by atoms with Gasteiger partial charge in [-0.15, -0.1) is 0 Å². The summed E-state index contributed by atoms with van der Waals surface area (Å²) in [4.78, 5) is 40.5. The summed E-state index contributed by atoms with van der Waals surface area (Å²) in [5.41, 5.74) is 4.81. The van der Waals surface area contributed by atoms with Crippen molar-refractivity contribution in [2.45, 2.75) is 39.2 Å². The van der Waals surface area contributed by atoms with E-state index in [9.17, 15) is 14.4 Å². The molecule has 27 heavy (non-hydrogen) atoms. The van der Waals surface area contributed by atoms with E-state index in [4.69, 9.17) is 0 Å². The van der Waals surface area contributed by atoms with Gasteiger partial charge in [0.25, 0.3) is 0 Å². The number of benzene rings is 1. The van der Waals surface area contributed by atoms with Crippen LogP contribution in [0.25, 0.3) is 10.9 Å². The summed E-state index contributed by atoms with van der Waals surface area (Å²) in [5.74, 6) is -0.788. The van der Waals surface area contributed by atoms with Gasteiger partial charge in [0.05, 0.1) is 0 Å². The fourth-order valence-corrected chi connectivity index (χ4v) is 3.63. The maximum Gasteiger partial charge on any atom is 0.247 e. The maximum atomic E-state index is 12.6. The highest BCUT2D eigenvalue weighted by atomic mass is 16.2. The molecule has 0 radical (unpaired) electrons. The number of nitrogens with one attached hydrogen (secondary N) is 3. The Kier molecular flexibility index (Phi) is 5.60. The third-order valence-corrected chi connectivity index (χ3v) is 4.94. The Morgan fingerprint density at radius 2 is 2.04 bits per heavy atom. The lowest BCUT2D eigenvalue weighted by Crippen LogP contribution is -2.54. The first-order valence-corrected chi connectivity index (χ1v) is 9.30. The minimum absolute atomic E-state index is 0.192. The number of carbonyl (C=O) groups excluding carboxylic acids is 3. The average molecular weight is 370 g/mol. The Hall–Kier alpha value is -2.67. The molecule has 0 spiro atoms. The lowest BCUT2D eigenvalue weighted by atomic mass is 9.96. The van der Waals surface area contributed by atoms with Crippen LogP contribution in [0.5, 0.6) is 0 Å². The molecule has 1 unspecified atom stereocenters. The molecule has 1 fully saturated rings. The van der Waals surface area contributed by atoms with Crippen LogP contribution < -0.4 is 10.7 Å². The van der Waals surface area contributed by atoms with E-state index in [2.05, 4.69) is 15.7 Å². The van der Waals surface area contributed by atoms with Gasteiger partial charge in [0.1, 0.15) is 6.04 Å². The molecule has 3 rings (SSSR count). The number of aromatic amines is 1. The normalized spacial score (nSPS) is 18.5. The van der Waals surface area contributed by atoms with E-state index in [1.807, 2.05) is 44.3 Å². The Bertz CT molecular complexity index is 858. The number of likely N-dealkylation sites (N-methyl/N-ethyl adjacent to an activating group) is 1. The molecule has 7 heteroatoms. The number of hydrogen-bond donors (Lipinski definition) is 3. The first-order chi connectivity index (χ1) is 12.9. The molecule has 0 aliphatic carbocycles. The summed E-state index contributed by atoms with van der Waals surface area (Å²) in [6.45, 7) is 4.05. The summed E-state index contributed by atoms with van der Waals surface area (Å²) in [6.07, 6.45) is 3.07. The van der Waals surface area contributed by atoms with Gasteiger partial charge in [-0.1, -0.05) is 32.0 Å². The Labute approximate surface area is 158 Å². The van der Waals surface area contributed by atoms with Crippen molar-refractivity contribution in [3.05, 3.63) is 36.0 Å². The predicted octanol–water partition coefficient (Wildman–Crippen LogP) is 1.75. The number of amides is 3. The zero-order chi connectivity index (χ0) is 19.6. The van der Waals surface area contributed by atoms with E-state index in [0.29, 0.717) is 18.8 Å². The smallest absolute Gasteiger partial charge is 0.247 e. The monoisotopic (exact) mass is 370 g/mol. The number of hydrazine groups is 1. The van der Waals surface area contributed by atoms with Gasteiger partial charge in [0.2, 0.25) is 17.7 Å². The fraction of sp³-hybridized carbons (Fsp3) is 0.450. The minimum Gasteiger partial charge on any atom is -0.361 e. The quantitative estimate of drug-likeness (QED) is 0.647. The van der Waals surface area contributed by atoms with Gasteiger partial charge < -0.3 is 10.3 Å². The van der Waals surface area contributed by atoms with Crippen LogP contribution in [0, 0.1) is 11.8 Å². The number of H-pyrrole nitrogens is 1. The first kappa shape index (κ1) is 19.1. The fourth-order valence-electron chi connectivity index (χ4n) is 3.63. The van der Waals surface area contributed by atoms with Crippen LogP contribution >= 0.6 is 0 Å². The molecule has 7 nitrogen and oxygen atoms in total. The number of nitrogens with zero attached hydrogens (tertiary/aromatic N) is 1. The highest BCUT2D eigenvalue weighted by Gasteiger charge is 2.40. The van der Waals surface area contributed by atoms with Crippen LogP contribution in [-0.4, -0.2) is 40.8 Å². The molecule has 2 aromatic rings. The van der Waals surface area contributed by atoms with Crippen molar-refractivity contribution < 1.29 is 14.4 Å². The van der Waals surface area contributed by atoms with Crippen molar-refractivity contribution in [3.63, 3.8) is 0 Å². The maximum absolute atomic E-state index is 12.6. The van der Waals surface area contributed by atoms with Gasteiger partial charge in [-0.05, 0) is 24.0 Å². The highest BCUT2D eigenvalue weighted by Crippen LogP contribution is 2.25. The molecule has 3 amide bonds. The van der Waals surface area contributed by atoms with Gasteiger partial charge in [-0.2, -0.15) is 0 Å². The first-order valence-electron chi connectivity index (χ1n) is 9.30. The predicted molar refractivity (Wildman–Crippen MR) is 102 cm³/mol. The van der Waals surface area contributed by atoms with Crippen molar-refractivity contribution >= 4 is 28.6 Å². The van der Waals surface area contributed by atoms with E-state index < -0.39 is 6.04 Å². The lowest BCUT2D eigenvalue weighted by molar-refractivity contribution is -0.145. The van der Waals surface area contributed by atoms with Gasteiger partial charge in [0.15, 0.2) is 0 Å². The number of rotatable bonds is 7. The highest BCUT2D eigenvalue weighted by molar-refractivity contribution is 6.03. The van der Waals surface area contributed by atoms with Gasteiger partial charge in [0, 0.05) is 42.9 Å². The molecular formula is C20H26N4O3. The van der Waals surface area contributed by atoms with Crippen LogP contribution in [0.15, 0.2) is 30.5 Å². The van der Waals surface area contributed by atoms with E-state index >= 15 is 0 Å². The molecule has 1 aliphatic heterocycles. The van der Waals surface area contributed by atoms with Crippen LogP contribution in [0.1, 0.15) is 32.3 Å². The topological polar surface area (TPSA) is 94.3 Å². The van der Waals surface area contributed by atoms with Gasteiger partial charge >= 0.3 is 0 Å². The van der Waals surface area contributed by atoms with Crippen molar-refractivity contribution in [3.8, 4) is 0 Å². The third kappa shape index (κ3) is 4.03. The van der Waals surface area contributed by atoms with Crippen molar-refractivity contribution in [2.24, 2.45) is 11.8 Å². The summed E-state index contributed by atoms with van der Waals surface area (Å²) >= 11 is 0. The van der Waals surface area contributed by atoms with Crippen molar-refractivity contribution in [1.29, 1.82) is 0 Å². The molecule has 2 atom stereocenters. The number of para-hydroxylation sites is 1. The van der Waals surface area contributed by atoms with Crippen molar-refractivity contribution in [1.82, 2.24) is 20.7 Å². The molecule has 1 saturated heterocycles. The molecule has 2 heterocycles. The number of hydrogen-bond acceptors (Lipinski definition) is 4. The van der Waals surface area contributed by atoms with E-state index in [-0.39, 0.29) is 30.1 Å². The van der Waals surface area contributed by atoms with Crippen molar-refractivity contribution in [2.75, 3.05) is 7.05 Å². The second kappa shape index (κ2) is 7.92. The molecule has 1 aromatic carbocycles. The largest absolute Gasteiger partial charge is 0.361 e. The second-order valence-electron chi connectivity index (χ2n) is 7.46. The number of fused-ring (bicyclic) bond motifs is 1. The van der Waals surface area contributed by atoms with Crippen LogP contribution in [0.3, 0.4) is 0 Å². The molecular weight excluding hydrogens is 344 g/mol. The zero-order valence-corrected chi connectivity index (χ0v) is 15.9. The standard InChI is InChI=1S/C20H26N4O3/c1-12(2)8-13-10-18(25)24(20(13)27)23-17(19(26)21-3)9-14-11-22-16-7-5-4-6-15(14)16/h4-7,11-13,17,22-23H,8-10H2,1-3H3,(H,21,26)/t13?,17-/m0/s1. The molecule has 0 bridgehead atoms. The van der Waals surface area contributed by atoms with E-state index in [1.165, 1.54) is 0 Å². The second-order valence-corrected chi connectivity index (χ2v) is 7.46. The summed E-state index contributed by atoms with van der Waals surface area (Å²) in [7, 11) is 1.54. The number of carbonyl (C=O) groups is 3. The molecule has 1 aliphatic rings. The molecule has 3 N–H and O–H groups in total. The summed E-state index contributed by atoms with van der Waals surface area (Å²) in [6, 6.07) is 7.09. The molecule has 0 saturated carbocycles. The number of imide groups is 1. The van der Waals surface area contributed by atoms with E-state index in [1.54, 1.807) is 7.05 Å². The van der Waals surface area contributed by atoms with Crippen LogP contribution in [0.2, 0.25) is 0 Å². The zero-order valence-electron chi connectivity index (χ0n) is 15.9. The summed E-state index contributed by atoms with van der Waals surface area (Å²) < 4.78 is 0. The average Bonchev–Trinajstić information content (AvgIpc) is 3.16. The third-order valence-electron chi connectivity index (χ3n) is 4.94. The van der Waals surface area contributed by atoms with E-state index in [0.717, 1.165) is 21.5 Å². The van der Waals surface area contributed by atoms with Gasteiger partial charge in [-0.3, -0.25) is 14.4 Å². The van der Waals surface area contributed by atoms with Crippen LogP contribution in [-0.2, 0) is 20.8 Å². The summed E-state index contributed by atoms with van der Waals surface area (Å²) in [5, 5.41) is 4.67.